The van der Waals surface area contributed by atoms with Crippen LogP contribution in [0.5, 0.6) is 0 Å². The normalized spacial score (nSPS) is 14.4. The third kappa shape index (κ3) is 3.82. The topological polar surface area (TPSA) is 0 Å². The average Bonchev–Trinajstić information content (AvgIpc) is 2.02. The van der Waals surface area contributed by atoms with Crippen LogP contribution in [0, 0.1) is 0 Å². The summed E-state index contributed by atoms with van der Waals surface area (Å²) in [6, 6.07) is 0. The summed E-state index contributed by atoms with van der Waals surface area (Å²) >= 11 is 0. The van der Waals surface area contributed by atoms with E-state index in [1.165, 1.54) is 16.7 Å². The van der Waals surface area contributed by atoms with Gasteiger partial charge in [-0.15, -0.1) is 0 Å². The third-order valence-corrected chi connectivity index (χ3v) is 1.95. The minimum absolute atomic E-state index is 1.13. The standard InChI is InChI=1S/C11H18/c1-6-9(3)8-11(5)10(4)7-2/h7-8H,2,6H2,1,3-5H3. The summed E-state index contributed by atoms with van der Waals surface area (Å²) in [6.45, 7) is 12.3. The van der Waals surface area contributed by atoms with Gasteiger partial charge in [-0.05, 0) is 38.3 Å². The van der Waals surface area contributed by atoms with Crippen molar-refractivity contribution in [3.05, 3.63) is 35.5 Å². The second-order valence-electron chi connectivity index (χ2n) is 2.91. The molecule has 0 amide bonds. The van der Waals surface area contributed by atoms with Gasteiger partial charge in [-0.1, -0.05) is 31.2 Å². The Morgan fingerprint density at radius 2 is 1.73 bits per heavy atom. The van der Waals surface area contributed by atoms with Crippen LogP contribution < -0.4 is 0 Å². The molecule has 0 heteroatoms. The van der Waals surface area contributed by atoms with Gasteiger partial charge in [0.15, 0.2) is 0 Å². The third-order valence-electron chi connectivity index (χ3n) is 1.95. The van der Waals surface area contributed by atoms with E-state index < -0.39 is 0 Å². The molecule has 0 atom stereocenters. The second-order valence-corrected chi connectivity index (χ2v) is 2.91. The van der Waals surface area contributed by atoms with Crippen LogP contribution in [0.1, 0.15) is 34.1 Å². The molecule has 0 spiro atoms. The largest absolute Gasteiger partial charge is 0.0988 e. The van der Waals surface area contributed by atoms with Crippen molar-refractivity contribution in [2.75, 3.05) is 0 Å². The first kappa shape index (κ1) is 10.2. The van der Waals surface area contributed by atoms with E-state index in [1.54, 1.807) is 0 Å². The van der Waals surface area contributed by atoms with Crippen molar-refractivity contribution in [3.63, 3.8) is 0 Å². The van der Waals surface area contributed by atoms with Crippen LogP contribution >= 0.6 is 0 Å². The molecule has 0 saturated carbocycles. The number of rotatable bonds is 3. The average molecular weight is 150 g/mol. The zero-order valence-corrected chi connectivity index (χ0v) is 8.07. The minimum atomic E-state index is 1.13. The first-order chi connectivity index (χ1) is 5.11. The molecule has 0 aromatic rings. The molecule has 0 radical (unpaired) electrons. The number of allylic oxidation sites excluding steroid dienone is 5. The van der Waals surface area contributed by atoms with E-state index in [0.29, 0.717) is 0 Å². The van der Waals surface area contributed by atoms with Crippen LogP contribution in [0.4, 0.5) is 0 Å². The van der Waals surface area contributed by atoms with Crippen molar-refractivity contribution >= 4 is 0 Å². The summed E-state index contributed by atoms with van der Waals surface area (Å²) in [5.41, 5.74) is 4.00. The van der Waals surface area contributed by atoms with Crippen molar-refractivity contribution in [2.45, 2.75) is 34.1 Å². The summed E-state index contributed by atoms with van der Waals surface area (Å²) in [6.07, 6.45) is 5.24. The van der Waals surface area contributed by atoms with Gasteiger partial charge < -0.3 is 0 Å². The Morgan fingerprint density at radius 3 is 2.09 bits per heavy atom. The molecule has 0 heterocycles. The zero-order chi connectivity index (χ0) is 8.85. The van der Waals surface area contributed by atoms with Gasteiger partial charge in [0.2, 0.25) is 0 Å². The molecule has 0 aliphatic heterocycles. The lowest BCUT2D eigenvalue weighted by molar-refractivity contribution is 1.09. The lowest BCUT2D eigenvalue weighted by Crippen LogP contribution is -1.78. The molecule has 62 valence electrons. The molecule has 0 aliphatic carbocycles. The molecule has 0 bridgehead atoms. The molecule has 0 saturated heterocycles. The fraction of sp³-hybridized carbons (Fsp3) is 0.455. The van der Waals surface area contributed by atoms with Gasteiger partial charge in [0.1, 0.15) is 0 Å². The molecule has 0 aliphatic rings. The highest BCUT2D eigenvalue weighted by Crippen LogP contribution is 2.09. The Bertz CT molecular complexity index is 192. The van der Waals surface area contributed by atoms with Crippen LogP contribution in [0.15, 0.2) is 35.5 Å². The van der Waals surface area contributed by atoms with Gasteiger partial charge in [0, 0.05) is 0 Å². The van der Waals surface area contributed by atoms with E-state index >= 15 is 0 Å². The van der Waals surface area contributed by atoms with E-state index in [9.17, 15) is 0 Å². The van der Waals surface area contributed by atoms with E-state index in [0.717, 1.165) is 6.42 Å². The second kappa shape index (κ2) is 4.95. The predicted molar refractivity (Wildman–Crippen MR) is 52.6 cm³/mol. The number of hydrogen-bond acceptors (Lipinski definition) is 0. The summed E-state index contributed by atoms with van der Waals surface area (Å²) in [5.74, 6) is 0. The Hall–Kier alpha value is -0.780. The summed E-state index contributed by atoms with van der Waals surface area (Å²) < 4.78 is 0. The van der Waals surface area contributed by atoms with Crippen molar-refractivity contribution < 1.29 is 0 Å². The molecular formula is C11H18. The Labute approximate surface area is 70.3 Å². The fourth-order valence-corrected chi connectivity index (χ4v) is 0.746. The first-order valence-electron chi connectivity index (χ1n) is 4.08. The molecule has 0 aromatic carbocycles. The lowest BCUT2D eigenvalue weighted by Gasteiger charge is -1.99. The maximum atomic E-state index is 3.73. The van der Waals surface area contributed by atoms with E-state index in [2.05, 4.69) is 40.3 Å². The van der Waals surface area contributed by atoms with Gasteiger partial charge in [0.25, 0.3) is 0 Å². The molecular weight excluding hydrogens is 132 g/mol. The predicted octanol–water partition coefficient (Wildman–Crippen LogP) is 3.87. The van der Waals surface area contributed by atoms with Gasteiger partial charge in [-0.25, -0.2) is 0 Å². The molecule has 0 aromatic heterocycles. The summed E-state index contributed by atoms with van der Waals surface area (Å²) in [7, 11) is 0. The van der Waals surface area contributed by atoms with Gasteiger partial charge in [-0.2, -0.15) is 0 Å². The van der Waals surface area contributed by atoms with Gasteiger partial charge >= 0.3 is 0 Å². The van der Waals surface area contributed by atoms with Crippen LogP contribution in [0.2, 0.25) is 0 Å². The Balaban J connectivity index is 4.49. The summed E-state index contributed by atoms with van der Waals surface area (Å²) in [5, 5.41) is 0. The highest BCUT2D eigenvalue weighted by atomic mass is 14.0. The minimum Gasteiger partial charge on any atom is -0.0988 e. The molecule has 11 heavy (non-hydrogen) atoms. The van der Waals surface area contributed by atoms with Crippen LogP contribution in [-0.2, 0) is 0 Å². The van der Waals surface area contributed by atoms with Crippen molar-refractivity contribution in [1.82, 2.24) is 0 Å². The van der Waals surface area contributed by atoms with Crippen LogP contribution in [0.3, 0.4) is 0 Å². The van der Waals surface area contributed by atoms with Crippen LogP contribution in [-0.4, -0.2) is 0 Å². The van der Waals surface area contributed by atoms with E-state index in [1.807, 2.05) is 6.08 Å². The first-order valence-corrected chi connectivity index (χ1v) is 4.08. The monoisotopic (exact) mass is 150 g/mol. The molecule has 0 nitrogen and oxygen atoms in total. The Morgan fingerprint density at radius 1 is 1.18 bits per heavy atom. The van der Waals surface area contributed by atoms with Gasteiger partial charge in [0.05, 0.1) is 0 Å². The molecule has 0 N–H and O–H groups in total. The van der Waals surface area contributed by atoms with Crippen molar-refractivity contribution in [1.29, 1.82) is 0 Å². The lowest BCUT2D eigenvalue weighted by atomic mass is 10.1. The molecule has 0 fully saturated rings. The zero-order valence-electron chi connectivity index (χ0n) is 8.07. The summed E-state index contributed by atoms with van der Waals surface area (Å²) in [4.78, 5) is 0. The highest BCUT2D eigenvalue weighted by molar-refractivity contribution is 5.30. The maximum Gasteiger partial charge on any atom is -0.0348 e. The van der Waals surface area contributed by atoms with Crippen molar-refractivity contribution in [2.24, 2.45) is 0 Å². The van der Waals surface area contributed by atoms with Crippen LogP contribution in [0.25, 0.3) is 0 Å². The number of hydrogen-bond donors (Lipinski definition) is 0. The van der Waals surface area contributed by atoms with Gasteiger partial charge in [-0.3, -0.25) is 0 Å². The molecule has 0 rings (SSSR count). The molecule has 0 unspecified atom stereocenters. The Kier molecular flexibility index (Phi) is 4.60. The highest BCUT2D eigenvalue weighted by Gasteiger charge is 1.89. The van der Waals surface area contributed by atoms with Crippen molar-refractivity contribution in [3.8, 4) is 0 Å². The fourth-order valence-electron chi connectivity index (χ4n) is 0.746. The smallest absolute Gasteiger partial charge is 0.0348 e. The van der Waals surface area contributed by atoms with E-state index in [-0.39, 0.29) is 0 Å². The SMILES string of the molecule is C=CC(C)=C(C)C=C(C)CC. The maximum absolute atomic E-state index is 3.73. The van der Waals surface area contributed by atoms with E-state index in [4.69, 9.17) is 0 Å². The quantitative estimate of drug-likeness (QED) is 0.536.